The monoisotopic (exact) mass is 237 g/mol. The van der Waals surface area contributed by atoms with Crippen molar-refractivity contribution in [2.24, 2.45) is 0 Å². The largest absolute Gasteiger partial charge is 0.393 e. The van der Waals surface area contributed by atoms with Crippen molar-refractivity contribution < 1.29 is 9.84 Å². The van der Waals surface area contributed by atoms with Crippen molar-refractivity contribution in [2.75, 3.05) is 13.2 Å². The van der Waals surface area contributed by atoms with Gasteiger partial charge in [0, 0.05) is 18.4 Å². The maximum atomic E-state index is 9.49. The Morgan fingerprint density at radius 2 is 1.94 bits per heavy atom. The first-order chi connectivity index (χ1) is 8.33. The Morgan fingerprint density at radius 3 is 2.65 bits per heavy atom. The molecular weight excluding hydrogens is 218 g/mol. The molecule has 0 bridgehead atoms. The maximum absolute atomic E-state index is 9.49. The second kappa shape index (κ2) is 4.74. The Bertz CT molecular complexity index is 366. The van der Waals surface area contributed by atoms with E-state index in [9.17, 15) is 5.11 Å². The molecule has 1 aromatic rings. The van der Waals surface area contributed by atoms with Gasteiger partial charge in [-0.3, -0.25) is 5.10 Å². The summed E-state index contributed by atoms with van der Waals surface area (Å²) in [6.45, 7) is 1.57. The molecule has 5 heteroatoms. The van der Waals surface area contributed by atoms with Crippen LogP contribution < -0.4 is 0 Å². The molecule has 1 atom stereocenters. The number of hydrogen-bond donors (Lipinski definition) is 2. The molecule has 1 saturated carbocycles. The van der Waals surface area contributed by atoms with Gasteiger partial charge in [0.1, 0.15) is 5.82 Å². The van der Waals surface area contributed by atoms with E-state index in [0.717, 1.165) is 57.0 Å². The minimum atomic E-state index is -0.114. The number of rotatable bonds is 2. The summed E-state index contributed by atoms with van der Waals surface area (Å²) >= 11 is 0. The van der Waals surface area contributed by atoms with Crippen molar-refractivity contribution in [2.45, 2.75) is 50.0 Å². The molecule has 5 nitrogen and oxygen atoms in total. The van der Waals surface area contributed by atoms with Crippen LogP contribution >= 0.6 is 0 Å². The van der Waals surface area contributed by atoms with E-state index >= 15 is 0 Å². The lowest BCUT2D eigenvalue weighted by atomic mass is 9.87. The lowest BCUT2D eigenvalue weighted by Crippen LogP contribution is -2.17. The van der Waals surface area contributed by atoms with E-state index in [1.807, 2.05) is 0 Å². The van der Waals surface area contributed by atoms with Crippen molar-refractivity contribution in [1.29, 1.82) is 0 Å². The fourth-order valence-corrected chi connectivity index (χ4v) is 2.74. The Morgan fingerprint density at radius 1 is 1.12 bits per heavy atom. The van der Waals surface area contributed by atoms with E-state index in [1.165, 1.54) is 0 Å². The Hall–Kier alpha value is -0.940. The van der Waals surface area contributed by atoms with Gasteiger partial charge in [0.2, 0.25) is 0 Å². The van der Waals surface area contributed by atoms with Gasteiger partial charge < -0.3 is 9.84 Å². The highest BCUT2D eigenvalue weighted by Gasteiger charge is 2.26. The Balaban J connectivity index is 1.67. The number of aromatic nitrogens is 3. The van der Waals surface area contributed by atoms with E-state index < -0.39 is 0 Å². The van der Waals surface area contributed by atoms with E-state index in [4.69, 9.17) is 4.74 Å². The van der Waals surface area contributed by atoms with Crippen LogP contribution in [-0.2, 0) is 4.74 Å². The van der Waals surface area contributed by atoms with Gasteiger partial charge in [0.15, 0.2) is 5.82 Å². The minimum absolute atomic E-state index is 0.114. The fourth-order valence-electron chi connectivity index (χ4n) is 2.74. The standard InChI is InChI=1S/C12H19N3O2/c16-10-3-1-8(2-4-10)11-13-12(15-14-11)9-5-6-17-7-9/h8-10,16H,1-7H2,(H,13,14,15)/t8?,9-,10?/m0/s1. The number of nitrogens with zero attached hydrogens (tertiary/aromatic N) is 2. The molecular formula is C12H19N3O2. The van der Waals surface area contributed by atoms with Crippen LogP contribution in [0.2, 0.25) is 0 Å². The first-order valence-corrected chi connectivity index (χ1v) is 6.51. The Kier molecular flexibility index (Phi) is 3.11. The number of aliphatic hydroxyl groups is 1. The third-order valence-corrected chi connectivity index (χ3v) is 3.90. The highest BCUT2D eigenvalue weighted by atomic mass is 16.5. The highest BCUT2D eigenvalue weighted by Crippen LogP contribution is 2.32. The third-order valence-electron chi connectivity index (χ3n) is 3.90. The Labute approximate surface area is 101 Å². The average Bonchev–Trinajstić information content (AvgIpc) is 3.00. The molecule has 2 heterocycles. The zero-order valence-corrected chi connectivity index (χ0v) is 9.93. The lowest BCUT2D eigenvalue weighted by Gasteiger charge is -2.23. The zero-order valence-electron chi connectivity index (χ0n) is 9.93. The van der Waals surface area contributed by atoms with Crippen LogP contribution in [0.4, 0.5) is 0 Å². The number of hydrogen-bond acceptors (Lipinski definition) is 4. The maximum Gasteiger partial charge on any atom is 0.156 e. The number of nitrogens with one attached hydrogen (secondary N) is 1. The normalized spacial score (nSPS) is 34.1. The second-order valence-electron chi connectivity index (χ2n) is 5.14. The SMILES string of the molecule is OC1CCC(c2nc([C@H]3CCOC3)n[nH]2)CC1. The summed E-state index contributed by atoms with van der Waals surface area (Å²) in [6.07, 6.45) is 4.70. The van der Waals surface area contributed by atoms with Crippen molar-refractivity contribution >= 4 is 0 Å². The smallest absolute Gasteiger partial charge is 0.156 e. The summed E-state index contributed by atoms with van der Waals surface area (Å²) in [5.41, 5.74) is 0. The topological polar surface area (TPSA) is 71.0 Å². The molecule has 0 amide bonds. The molecule has 1 saturated heterocycles. The molecule has 17 heavy (non-hydrogen) atoms. The first kappa shape index (κ1) is 11.2. The summed E-state index contributed by atoms with van der Waals surface area (Å²) < 4.78 is 5.35. The summed E-state index contributed by atoms with van der Waals surface area (Å²) in [6, 6.07) is 0. The molecule has 0 unspecified atom stereocenters. The summed E-state index contributed by atoms with van der Waals surface area (Å²) in [4.78, 5) is 4.61. The van der Waals surface area contributed by atoms with Gasteiger partial charge in [-0.25, -0.2) is 4.98 Å². The lowest BCUT2D eigenvalue weighted by molar-refractivity contribution is 0.121. The van der Waals surface area contributed by atoms with Crippen molar-refractivity contribution in [1.82, 2.24) is 15.2 Å². The van der Waals surface area contributed by atoms with Gasteiger partial charge in [-0.15, -0.1) is 0 Å². The molecule has 0 spiro atoms. The van der Waals surface area contributed by atoms with Gasteiger partial charge >= 0.3 is 0 Å². The van der Waals surface area contributed by atoms with Crippen LogP contribution in [0.5, 0.6) is 0 Å². The molecule has 1 aromatic heterocycles. The molecule has 1 aliphatic heterocycles. The van der Waals surface area contributed by atoms with Gasteiger partial charge in [-0.2, -0.15) is 5.10 Å². The highest BCUT2D eigenvalue weighted by molar-refractivity contribution is 5.04. The predicted molar refractivity (Wildman–Crippen MR) is 61.8 cm³/mol. The van der Waals surface area contributed by atoms with Crippen LogP contribution in [0, 0.1) is 0 Å². The third kappa shape index (κ3) is 2.35. The average molecular weight is 237 g/mol. The van der Waals surface area contributed by atoms with E-state index in [-0.39, 0.29) is 6.10 Å². The van der Waals surface area contributed by atoms with Gasteiger partial charge in [0.25, 0.3) is 0 Å². The molecule has 2 aliphatic rings. The summed E-state index contributed by atoms with van der Waals surface area (Å²) in [7, 11) is 0. The van der Waals surface area contributed by atoms with Crippen LogP contribution in [0.3, 0.4) is 0 Å². The number of aromatic amines is 1. The predicted octanol–water partition coefficient (Wildman–Crippen LogP) is 1.33. The number of ether oxygens (including phenoxy) is 1. The second-order valence-corrected chi connectivity index (χ2v) is 5.14. The zero-order chi connectivity index (χ0) is 11.7. The van der Waals surface area contributed by atoms with Crippen LogP contribution in [0.15, 0.2) is 0 Å². The van der Waals surface area contributed by atoms with Crippen molar-refractivity contribution in [3.63, 3.8) is 0 Å². The quantitative estimate of drug-likeness (QED) is 0.814. The molecule has 2 N–H and O–H groups in total. The molecule has 0 aromatic carbocycles. The summed E-state index contributed by atoms with van der Waals surface area (Å²) in [5.74, 6) is 2.72. The van der Waals surface area contributed by atoms with Crippen molar-refractivity contribution in [3.8, 4) is 0 Å². The van der Waals surface area contributed by atoms with E-state index in [0.29, 0.717) is 11.8 Å². The molecule has 2 fully saturated rings. The van der Waals surface area contributed by atoms with Gasteiger partial charge in [-0.1, -0.05) is 0 Å². The van der Waals surface area contributed by atoms with Gasteiger partial charge in [-0.05, 0) is 32.1 Å². The van der Waals surface area contributed by atoms with Crippen LogP contribution in [0.1, 0.15) is 55.6 Å². The van der Waals surface area contributed by atoms with E-state index in [2.05, 4.69) is 15.2 Å². The molecule has 1 aliphatic carbocycles. The first-order valence-electron chi connectivity index (χ1n) is 6.51. The molecule has 3 rings (SSSR count). The number of aliphatic hydroxyl groups excluding tert-OH is 1. The van der Waals surface area contributed by atoms with Gasteiger partial charge in [0.05, 0.1) is 12.7 Å². The molecule has 0 radical (unpaired) electrons. The van der Waals surface area contributed by atoms with Crippen LogP contribution in [-0.4, -0.2) is 39.6 Å². The summed E-state index contributed by atoms with van der Waals surface area (Å²) in [5, 5.41) is 16.9. The van der Waals surface area contributed by atoms with Crippen LogP contribution in [0.25, 0.3) is 0 Å². The molecule has 94 valence electrons. The minimum Gasteiger partial charge on any atom is -0.393 e. The fraction of sp³-hybridized carbons (Fsp3) is 0.833. The van der Waals surface area contributed by atoms with Crippen molar-refractivity contribution in [3.05, 3.63) is 11.6 Å². The van der Waals surface area contributed by atoms with E-state index in [1.54, 1.807) is 0 Å². The number of H-pyrrole nitrogens is 1.